The third-order valence-corrected chi connectivity index (χ3v) is 5.35. The van der Waals surface area contributed by atoms with Gasteiger partial charge in [-0.15, -0.1) is 0 Å². The van der Waals surface area contributed by atoms with Gasteiger partial charge in [0.05, 0.1) is 24.5 Å². The third-order valence-electron chi connectivity index (χ3n) is 5.35. The molecule has 2 heterocycles. The first-order valence-electron chi connectivity index (χ1n) is 9.04. The van der Waals surface area contributed by atoms with Crippen LogP contribution in [0.4, 0.5) is 13.2 Å². The van der Waals surface area contributed by atoms with Crippen LogP contribution in [-0.4, -0.2) is 38.3 Å². The molecule has 1 aliphatic rings. The average molecular weight is 383 g/mol. The van der Waals surface area contributed by atoms with Crippen molar-refractivity contribution in [1.29, 1.82) is 0 Å². The van der Waals surface area contributed by atoms with Gasteiger partial charge in [-0.05, 0) is 45.6 Å². The molecule has 1 unspecified atom stereocenters. The zero-order valence-corrected chi connectivity index (χ0v) is 15.4. The Morgan fingerprint density at radius 2 is 2.22 bits per heavy atom. The highest BCUT2D eigenvalue weighted by Crippen LogP contribution is 2.60. The number of carbonyl (C=O) groups is 1. The van der Waals surface area contributed by atoms with Crippen LogP contribution in [0.1, 0.15) is 60.7 Å². The number of nitrogens with one attached hydrogen (secondary N) is 2. The lowest BCUT2D eigenvalue weighted by molar-refractivity contribution is -0.0593. The molecule has 2 aromatic rings. The fourth-order valence-electron chi connectivity index (χ4n) is 3.42. The summed E-state index contributed by atoms with van der Waals surface area (Å²) in [4.78, 5) is 19.9. The van der Waals surface area contributed by atoms with Crippen molar-refractivity contribution in [2.24, 2.45) is 5.41 Å². The zero-order chi connectivity index (χ0) is 19.7. The molecule has 1 atom stereocenters. The minimum absolute atomic E-state index is 0.0191. The molecule has 1 saturated carbocycles. The number of H-pyrrole nitrogens is 1. The molecule has 0 bridgehead atoms. The smallest absolute Gasteiger partial charge is 0.270 e. The fourth-order valence-corrected chi connectivity index (χ4v) is 3.42. The van der Waals surface area contributed by atoms with Crippen LogP contribution in [0, 0.1) is 12.3 Å². The summed E-state index contributed by atoms with van der Waals surface area (Å²) in [7, 11) is 0. The zero-order valence-electron chi connectivity index (χ0n) is 15.4. The monoisotopic (exact) mass is 383 g/mol. The Morgan fingerprint density at radius 1 is 1.48 bits per heavy atom. The van der Waals surface area contributed by atoms with E-state index in [4.69, 9.17) is 0 Å². The highest BCUT2D eigenvalue weighted by Gasteiger charge is 2.58. The molecule has 2 N–H and O–H groups in total. The molecule has 0 aliphatic heterocycles. The summed E-state index contributed by atoms with van der Waals surface area (Å²) in [5, 5.41) is 6.80. The van der Waals surface area contributed by atoms with Crippen LogP contribution in [0.3, 0.4) is 0 Å². The maximum absolute atomic E-state index is 13.9. The van der Waals surface area contributed by atoms with E-state index >= 15 is 0 Å². The minimum Gasteiger partial charge on any atom is -0.344 e. The van der Waals surface area contributed by atoms with E-state index in [-0.39, 0.29) is 12.2 Å². The van der Waals surface area contributed by atoms with Gasteiger partial charge in [0.15, 0.2) is 0 Å². The molecule has 1 aliphatic carbocycles. The van der Waals surface area contributed by atoms with Gasteiger partial charge < -0.3 is 10.3 Å². The normalized spacial score (nSPS) is 16.9. The number of rotatable bonds is 9. The highest BCUT2D eigenvalue weighted by atomic mass is 19.3. The summed E-state index contributed by atoms with van der Waals surface area (Å²) in [6.07, 6.45) is 4.65. The van der Waals surface area contributed by atoms with E-state index in [0.717, 1.165) is 6.92 Å². The largest absolute Gasteiger partial charge is 0.344 e. The second-order valence-corrected chi connectivity index (χ2v) is 7.29. The lowest BCUT2D eigenvalue weighted by atomic mass is 9.90. The molecule has 2 aromatic heterocycles. The second-order valence-electron chi connectivity index (χ2n) is 7.29. The van der Waals surface area contributed by atoms with Gasteiger partial charge in [-0.3, -0.25) is 9.48 Å². The Bertz CT molecular complexity index is 791. The average Bonchev–Trinajstić information content (AvgIpc) is 3.06. The van der Waals surface area contributed by atoms with Gasteiger partial charge in [0, 0.05) is 11.6 Å². The summed E-state index contributed by atoms with van der Waals surface area (Å²) in [5.74, 6) is -2.49. The van der Waals surface area contributed by atoms with Gasteiger partial charge in [0.2, 0.25) is 0 Å². The number of carbonyl (C=O) groups excluding carboxylic acids is 1. The van der Waals surface area contributed by atoms with Crippen LogP contribution in [0.15, 0.2) is 18.5 Å². The first kappa shape index (κ1) is 19.4. The molecule has 1 amide bonds. The van der Waals surface area contributed by atoms with E-state index in [9.17, 15) is 18.0 Å². The molecule has 0 saturated heterocycles. The minimum atomic E-state index is -2.74. The number of imidazole rings is 1. The molecule has 148 valence electrons. The summed E-state index contributed by atoms with van der Waals surface area (Å²) < 4.78 is 41.7. The van der Waals surface area contributed by atoms with E-state index in [2.05, 4.69) is 20.4 Å². The Kier molecular flexibility index (Phi) is 5.30. The summed E-state index contributed by atoms with van der Waals surface area (Å²) in [5.41, 5.74) is -0.0930. The van der Waals surface area contributed by atoms with Crippen LogP contribution in [0.25, 0.3) is 0 Å². The van der Waals surface area contributed by atoms with Crippen molar-refractivity contribution in [1.82, 2.24) is 25.1 Å². The first-order chi connectivity index (χ1) is 12.8. The Labute approximate surface area is 155 Å². The Morgan fingerprint density at radius 3 is 2.78 bits per heavy atom. The Hall–Kier alpha value is -2.32. The molecule has 3 rings (SSSR count). The van der Waals surface area contributed by atoms with Crippen molar-refractivity contribution in [2.45, 2.75) is 58.0 Å². The van der Waals surface area contributed by atoms with E-state index in [1.165, 1.54) is 16.9 Å². The third kappa shape index (κ3) is 4.17. The van der Waals surface area contributed by atoms with Crippen LogP contribution in [-0.2, 0) is 6.54 Å². The molecule has 27 heavy (non-hydrogen) atoms. The summed E-state index contributed by atoms with van der Waals surface area (Å²) in [6, 6.07) is 1.01. The van der Waals surface area contributed by atoms with Crippen molar-refractivity contribution < 1.29 is 18.0 Å². The molecule has 1 fully saturated rings. The molecular weight excluding hydrogens is 359 g/mol. The van der Waals surface area contributed by atoms with Crippen LogP contribution < -0.4 is 5.32 Å². The topological polar surface area (TPSA) is 75.6 Å². The van der Waals surface area contributed by atoms with Crippen LogP contribution in [0.5, 0.6) is 0 Å². The summed E-state index contributed by atoms with van der Waals surface area (Å²) >= 11 is 0. The van der Waals surface area contributed by atoms with E-state index < -0.39 is 30.0 Å². The fraction of sp³-hybridized carbons (Fsp3) is 0.611. The number of nitrogens with zero attached hydrogens (tertiary/aromatic N) is 3. The predicted molar refractivity (Wildman–Crippen MR) is 93.3 cm³/mol. The number of amides is 1. The van der Waals surface area contributed by atoms with Crippen molar-refractivity contribution in [2.75, 3.05) is 6.67 Å². The molecule has 0 radical (unpaired) electrons. The Balaban J connectivity index is 1.74. The lowest BCUT2D eigenvalue weighted by Gasteiger charge is -2.25. The standard InChI is InChI=1S/C18H24F3N5O/c1-12-22-11-14(24-12)13(3-5-18(6-7-18)17(2,20)21)25-16(27)15-4-9-23-26(15)10-8-19/h4,9,11,13H,3,5-8,10H2,1-2H3,(H,22,24)(H,25,27). The maximum atomic E-state index is 13.9. The maximum Gasteiger partial charge on any atom is 0.270 e. The number of halogens is 3. The van der Waals surface area contributed by atoms with Gasteiger partial charge in [0.1, 0.15) is 18.2 Å². The van der Waals surface area contributed by atoms with Crippen molar-refractivity contribution in [3.8, 4) is 0 Å². The van der Waals surface area contributed by atoms with E-state index in [0.29, 0.717) is 37.2 Å². The first-order valence-corrected chi connectivity index (χ1v) is 9.04. The predicted octanol–water partition coefficient (Wildman–Crippen LogP) is 3.57. The van der Waals surface area contributed by atoms with Crippen LogP contribution in [0.2, 0.25) is 0 Å². The molecule has 9 heteroatoms. The van der Waals surface area contributed by atoms with E-state index in [1.807, 2.05) is 0 Å². The number of hydrogen-bond donors (Lipinski definition) is 2. The quantitative estimate of drug-likeness (QED) is 0.695. The molecule has 0 spiro atoms. The summed E-state index contributed by atoms with van der Waals surface area (Å²) in [6.45, 7) is 2.08. The molecule has 0 aromatic carbocycles. The van der Waals surface area contributed by atoms with Crippen molar-refractivity contribution in [3.63, 3.8) is 0 Å². The van der Waals surface area contributed by atoms with Gasteiger partial charge in [-0.2, -0.15) is 5.10 Å². The number of aromatic nitrogens is 4. The van der Waals surface area contributed by atoms with Crippen molar-refractivity contribution >= 4 is 5.91 Å². The molecular formula is C18H24F3N5O. The highest BCUT2D eigenvalue weighted by molar-refractivity contribution is 5.92. The second kappa shape index (κ2) is 7.36. The molecule has 6 nitrogen and oxygen atoms in total. The number of aromatic amines is 1. The van der Waals surface area contributed by atoms with Gasteiger partial charge in [-0.25, -0.2) is 18.2 Å². The number of alkyl halides is 3. The van der Waals surface area contributed by atoms with Gasteiger partial charge in [-0.1, -0.05) is 0 Å². The number of aryl methyl sites for hydroxylation is 2. The number of hydrogen-bond acceptors (Lipinski definition) is 3. The lowest BCUT2D eigenvalue weighted by Crippen LogP contribution is -2.33. The van der Waals surface area contributed by atoms with Gasteiger partial charge >= 0.3 is 0 Å². The SMILES string of the molecule is Cc1ncc(C(CCC2(C(C)(F)F)CC2)NC(=O)c2ccnn2CCF)[nH]1. The van der Waals surface area contributed by atoms with Crippen molar-refractivity contribution in [3.05, 3.63) is 35.7 Å². The van der Waals surface area contributed by atoms with Crippen LogP contribution >= 0.6 is 0 Å². The van der Waals surface area contributed by atoms with Gasteiger partial charge in [0.25, 0.3) is 11.8 Å². The van der Waals surface area contributed by atoms with E-state index in [1.54, 1.807) is 13.1 Å².